The molecule has 0 aliphatic heterocycles. The Bertz CT molecular complexity index is 1250. The molecule has 0 fully saturated rings. The average Bonchev–Trinajstić information content (AvgIpc) is 3.26. The molecule has 1 aliphatic carbocycles. The largest absolute Gasteiger partial charge is 0.488 e. The molecule has 1 aromatic heterocycles. The number of hydrogen-bond acceptors (Lipinski definition) is 4. The Morgan fingerprint density at radius 2 is 1.78 bits per heavy atom. The molecule has 0 unspecified atom stereocenters. The number of rotatable bonds is 6. The van der Waals surface area contributed by atoms with Gasteiger partial charge in [-0.3, -0.25) is 0 Å². The second-order valence-corrected chi connectivity index (χ2v) is 8.15. The van der Waals surface area contributed by atoms with Crippen LogP contribution in [0.25, 0.3) is 11.1 Å². The number of aromatic nitrogens is 2. The van der Waals surface area contributed by atoms with Crippen molar-refractivity contribution in [2.24, 2.45) is 0 Å². The predicted octanol–water partition coefficient (Wildman–Crippen LogP) is 6.03. The first-order valence-electron chi connectivity index (χ1n) is 9.68. The first kappa shape index (κ1) is 22.0. The molecular weight excluding hydrogens is 489 g/mol. The maximum absolute atomic E-state index is 14.0. The molecule has 0 spiro atoms. The monoisotopic (exact) mass is 504 g/mol. The lowest BCUT2D eigenvalue weighted by molar-refractivity contribution is 0.0689. The highest BCUT2D eigenvalue weighted by Gasteiger charge is 2.22. The maximum atomic E-state index is 14.0. The van der Waals surface area contributed by atoms with Crippen molar-refractivity contribution in [2.75, 3.05) is 0 Å². The molecule has 0 saturated heterocycles. The lowest BCUT2D eigenvalue weighted by Crippen LogP contribution is -2.04. The first-order valence-corrected chi connectivity index (χ1v) is 10.5. The van der Waals surface area contributed by atoms with Crippen molar-refractivity contribution < 1.29 is 27.8 Å². The molecule has 1 N–H and O–H groups in total. The Morgan fingerprint density at radius 3 is 2.56 bits per heavy atom. The highest BCUT2D eigenvalue weighted by atomic mass is 79.9. The van der Waals surface area contributed by atoms with Gasteiger partial charge in [0.2, 0.25) is 0 Å². The summed E-state index contributed by atoms with van der Waals surface area (Å²) in [6.45, 7) is -0.291. The quantitative estimate of drug-likeness (QED) is 0.415. The van der Waals surface area contributed by atoms with Gasteiger partial charge in [-0.1, -0.05) is 15.9 Å². The number of carboxylic acid groups (broad SMARTS) is 1. The highest BCUT2D eigenvalue weighted by Crippen LogP contribution is 2.43. The minimum atomic E-state index is -1.26. The lowest BCUT2D eigenvalue weighted by Gasteiger charge is -2.15. The lowest BCUT2D eigenvalue weighted by atomic mass is 9.97. The summed E-state index contributed by atoms with van der Waals surface area (Å²) in [6, 6.07) is 8.05. The van der Waals surface area contributed by atoms with E-state index in [1.807, 2.05) is 6.07 Å². The predicted molar refractivity (Wildman–Crippen MR) is 114 cm³/mol. The van der Waals surface area contributed by atoms with Crippen LogP contribution in [0.5, 0.6) is 5.75 Å². The van der Waals surface area contributed by atoms with E-state index < -0.39 is 23.4 Å². The minimum absolute atomic E-state index is 0.108. The molecule has 32 heavy (non-hydrogen) atoms. The fourth-order valence-corrected chi connectivity index (χ4v) is 4.05. The number of aromatic carboxylic acids is 1. The minimum Gasteiger partial charge on any atom is -0.488 e. The average molecular weight is 505 g/mol. The molecule has 5 nitrogen and oxygen atoms in total. The number of hydrogen-bond donors (Lipinski definition) is 1. The van der Waals surface area contributed by atoms with Crippen LogP contribution in [0, 0.1) is 17.5 Å². The van der Waals surface area contributed by atoms with E-state index in [2.05, 4.69) is 26.1 Å². The van der Waals surface area contributed by atoms with Crippen molar-refractivity contribution in [3.8, 4) is 5.75 Å². The van der Waals surface area contributed by atoms with Gasteiger partial charge in [0.15, 0.2) is 17.3 Å². The Balaban J connectivity index is 1.71. The molecular formula is C23H16BrF3N2O3. The van der Waals surface area contributed by atoms with Crippen LogP contribution >= 0.6 is 15.9 Å². The van der Waals surface area contributed by atoms with Crippen LogP contribution in [-0.4, -0.2) is 21.3 Å². The summed E-state index contributed by atoms with van der Waals surface area (Å²) >= 11 is 3.45. The van der Waals surface area contributed by atoms with Crippen LogP contribution in [0.3, 0.4) is 0 Å². The Kier molecular flexibility index (Phi) is 6.27. The SMILES string of the molecule is O=C(O)c1cc(C2=C(c3cc(Br)ccc3OCc3cc(F)c(F)cc3F)CCC2)cnn1. The second-order valence-electron chi connectivity index (χ2n) is 7.23. The van der Waals surface area contributed by atoms with E-state index in [0.29, 0.717) is 30.2 Å². The van der Waals surface area contributed by atoms with E-state index in [0.717, 1.165) is 33.7 Å². The third-order valence-corrected chi connectivity index (χ3v) is 5.67. The van der Waals surface area contributed by atoms with E-state index in [1.165, 1.54) is 12.3 Å². The van der Waals surface area contributed by atoms with Crippen molar-refractivity contribution in [1.29, 1.82) is 0 Å². The summed E-state index contributed by atoms with van der Waals surface area (Å²) in [5.41, 5.74) is 3.00. The molecule has 164 valence electrons. The fourth-order valence-electron chi connectivity index (χ4n) is 3.69. The molecule has 2 aromatic carbocycles. The highest BCUT2D eigenvalue weighted by molar-refractivity contribution is 9.10. The Labute approximate surface area is 189 Å². The number of allylic oxidation sites excluding steroid dienone is 2. The second kappa shape index (κ2) is 9.12. The van der Waals surface area contributed by atoms with E-state index in [1.54, 1.807) is 12.1 Å². The molecule has 1 aliphatic rings. The van der Waals surface area contributed by atoms with Gasteiger partial charge in [-0.25, -0.2) is 18.0 Å². The van der Waals surface area contributed by atoms with Gasteiger partial charge in [-0.2, -0.15) is 5.10 Å². The van der Waals surface area contributed by atoms with Crippen LogP contribution in [0.15, 0.2) is 47.1 Å². The van der Waals surface area contributed by atoms with Gasteiger partial charge >= 0.3 is 5.97 Å². The van der Waals surface area contributed by atoms with Crippen molar-refractivity contribution in [1.82, 2.24) is 10.2 Å². The van der Waals surface area contributed by atoms with Crippen LogP contribution in [0.2, 0.25) is 0 Å². The van der Waals surface area contributed by atoms with Crippen LogP contribution in [0.1, 0.15) is 46.4 Å². The van der Waals surface area contributed by atoms with Gasteiger partial charge < -0.3 is 9.84 Å². The van der Waals surface area contributed by atoms with E-state index in [4.69, 9.17) is 4.74 Å². The van der Waals surface area contributed by atoms with E-state index >= 15 is 0 Å². The van der Waals surface area contributed by atoms with Gasteiger partial charge in [0.1, 0.15) is 18.2 Å². The molecule has 3 aromatic rings. The van der Waals surface area contributed by atoms with Gasteiger partial charge in [-0.05, 0) is 60.7 Å². The standard InChI is InChI=1S/C23H16BrF3N2O3/c24-14-4-5-22(32-11-13-6-19(26)20(27)9-18(13)25)17(8-14)16-3-1-2-15(16)12-7-21(23(30)31)29-28-10-12/h4-10H,1-3,11H2,(H,30,31). The normalized spacial score (nSPS) is 13.5. The number of carbonyl (C=O) groups is 1. The van der Waals surface area contributed by atoms with Gasteiger partial charge in [0.25, 0.3) is 0 Å². The van der Waals surface area contributed by atoms with Crippen LogP contribution < -0.4 is 4.74 Å². The van der Waals surface area contributed by atoms with Gasteiger partial charge in [-0.15, -0.1) is 5.10 Å². The van der Waals surface area contributed by atoms with Crippen LogP contribution in [0.4, 0.5) is 13.2 Å². The van der Waals surface area contributed by atoms with Crippen LogP contribution in [-0.2, 0) is 6.61 Å². The molecule has 0 radical (unpaired) electrons. The molecule has 0 amide bonds. The summed E-state index contributed by atoms with van der Waals surface area (Å²) in [4.78, 5) is 11.3. The maximum Gasteiger partial charge on any atom is 0.356 e. The first-order chi connectivity index (χ1) is 15.3. The molecule has 9 heteroatoms. The van der Waals surface area contributed by atoms with Gasteiger partial charge in [0, 0.05) is 27.2 Å². The van der Waals surface area contributed by atoms with E-state index in [-0.39, 0.29) is 17.9 Å². The number of halogens is 4. The number of ether oxygens (including phenoxy) is 1. The summed E-state index contributed by atoms with van der Waals surface area (Å²) < 4.78 is 47.3. The molecule has 1 heterocycles. The Hall–Kier alpha value is -3.20. The zero-order chi connectivity index (χ0) is 22.8. The summed E-state index contributed by atoms with van der Waals surface area (Å²) in [5, 5.41) is 16.7. The van der Waals surface area contributed by atoms with Crippen molar-refractivity contribution in [2.45, 2.75) is 25.9 Å². The molecule has 0 atom stereocenters. The number of nitrogens with zero attached hydrogens (tertiary/aromatic N) is 2. The number of carboxylic acids is 1. The topological polar surface area (TPSA) is 72.3 Å². The molecule has 0 saturated carbocycles. The van der Waals surface area contributed by atoms with Crippen molar-refractivity contribution in [3.63, 3.8) is 0 Å². The smallest absolute Gasteiger partial charge is 0.356 e. The molecule has 0 bridgehead atoms. The van der Waals surface area contributed by atoms with Crippen molar-refractivity contribution >= 4 is 33.0 Å². The fraction of sp³-hybridized carbons (Fsp3) is 0.174. The Morgan fingerprint density at radius 1 is 1.03 bits per heavy atom. The molecule has 4 rings (SSSR count). The van der Waals surface area contributed by atoms with Crippen molar-refractivity contribution in [3.05, 3.63) is 86.9 Å². The summed E-state index contributed by atoms with van der Waals surface area (Å²) in [7, 11) is 0. The summed E-state index contributed by atoms with van der Waals surface area (Å²) in [6.07, 6.45) is 3.79. The zero-order valence-electron chi connectivity index (χ0n) is 16.5. The number of benzene rings is 2. The third kappa shape index (κ3) is 4.52. The zero-order valence-corrected chi connectivity index (χ0v) is 18.1. The summed E-state index contributed by atoms with van der Waals surface area (Å²) in [5.74, 6) is -4.04. The third-order valence-electron chi connectivity index (χ3n) is 5.18. The van der Waals surface area contributed by atoms with E-state index in [9.17, 15) is 23.1 Å². The van der Waals surface area contributed by atoms with Gasteiger partial charge in [0.05, 0.1) is 6.20 Å².